The Kier molecular flexibility index (Phi) is 5.42. The van der Waals surface area contributed by atoms with Gasteiger partial charge in [-0.3, -0.25) is 0 Å². The Labute approximate surface area is 151 Å². The molecule has 0 saturated carbocycles. The molecule has 0 bridgehead atoms. The monoisotopic (exact) mass is 383 g/mol. The Morgan fingerprint density at radius 3 is 2.88 bits per heavy atom. The molecule has 0 aliphatic heterocycles. The largest absolute Gasteiger partial charge is 0.481 e. The van der Waals surface area contributed by atoms with E-state index < -0.39 is 6.61 Å². The maximum Gasteiger partial charge on any atom is 0.387 e. The highest BCUT2D eigenvalue weighted by Crippen LogP contribution is 2.28. The summed E-state index contributed by atoms with van der Waals surface area (Å²) < 4.78 is 40.9. The summed E-state index contributed by atoms with van der Waals surface area (Å²) in [6.07, 6.45) is 3.06. The summed E-state index contributed by atoms with van der Waals surface area (Å²) in [7, 11) is 1.48. The zero-order valence-corrected chi connectivity index (χ0v) is 14.1. The molecule has 3 aromatic rings. The summed E-state index contributed by atoms with van der Waals surface area (Å²) in [4.78, 5) is 7.95. The average Bonchev–Trinajstić information content (AvgIpc) is 3.10. The van der Waals surface area contributed by atoms with Gasteiger partial charge in [0, 0.05) is 18.3 Å². The van der Waals surface area contributed by atoms with Crippen molar-refractivity contribution in [2.75, 3.05) is 7.11 Å². The van der Waals surface area contributed by atoms with Crippen molar-refractivity contribution in [2.45, 2.75) is 13.2 Å². The van der Waals surface area contributed by atoms with Gasteiger partial charge >= 0.3 is 12.6 Å². The molecule has 0 amide bonds. The number of nitrogens with zero attached hydrogens (tertiary/aromatic N) is 5. The molecule has 0 aliphatic rings. The minimum atomic E-state index is -2.98. The van der Waals surface area contributed by atoms with Gasteiger partial charge in [-0.05, 0) is 12.1 Å². The molecule has 2 aromatic heterocycles. The number of hydrogen-bond acceptors (Lipinski definition) is 7. The number of aromatic nitrogens is 5. The third kappa shape index (κ3) is 4.33. The topological polar surface area (TPSA) is 84.2 Å². The van der Waals surface area contributed by atoms with Crippen molar-refractivity contribution >= 4 is 11.6 Å². The SMILES string of the molecule is COc1ccnc(OCc2cn(-c3ccc(Cl)c(OC(F)F)c3)nn2)n1. The van der Waals surface area contributed by atoms with E-state index in [1.165, 1.54) is 30.1 Å². The first-order chi connectivity index (χ1) is 12.5. The number of halogens is 3. The van der Waals surface area contributed by atoms with Crippen molar-refractivity contribution in [2.24, 2.45) is 0 Å². The molecule has 11 heteroatoms. The van der Waals surface area contributed by atoms with Crippen molar-refractivity contribution in [1.29, 1.82) is 0 Å². The summed E-state index contributed by atoms with van der Waals surface area (Å²) in [6.45, 7) is -2.92. The predicted molar refractivity (Wildman–Crippen MR) is 85.9 cm³/mol. The van der Waals surface area contributed by atoms with E-state index in [-0.39, 0.29) is 23.4 Å². The van der Waals surface area contributed by atoms with Gasteiger partial charge < -0.3 is 14.2 Å². The molecule has 26 heavy (non-hydrogen) atoms. The van der Waals surface area contributed by atoms with Crippen LogP contribution in [0.4, 0.5) is 8.78 Å². The quantitative estimate of drug-likeness (QED) is 0.620. The lowest BCUT2D eigenvalue weighted by atomic mass is 10.3. The third-order valence-electron chi connectivity index (χ3n) is 3.10. The second-order valence-electron chi connectivity index (χ2n) is 4.82. The molecule has 0 saturated heterocycles. The number of methoxy groups -OCH3 is 1. The lowest BCUT2D eigenvalue weighted by Crippen LogP contribution is -2.03. The van der Waals surface area contributed by atoms with Crippen LogP contribution >= 0.6 is 11.6 Å². The molecule has 0 spiro atoms. The van der Waals surface area contributed by atoms with E-state index >= 15 is 0 Å². The average molecular weight is 384 g/mol. The summed E-state index contributed by atoms with van der Waals surface area (Å²) in [5.41, 5.74) is 0.920. The number of hydrogen-bond donors (Lipinski definition) is 0. The Bertz CT molecular complexity index is 893. The van der Waals surface area contributed by atoms with Crippen molar-refractivity contribution in [1.82, 2.24) is 25.0 Å². The van der Waals surface area contributed by atoms with E-state index in [2.05, 4.69) is 25.0 Å². The molecule has 0 radical (unpaired) electrons. The van der Waals surface area contributed by atoms with Crippen molar-refractivity contribution < 1.29 is 23.0 Å². The van der Waals surface area contributed by atoms with Crippen molar-refractivity contribution in [3.05, 3.63) is 47.4 Å². The van der Waals surface area contributed by atoms with Crippen LogP contribution < -0.4 is 14.2 Å². The van der Waals surface area contributed by atoms with Gasteiger partial charge in [0.05, 0.1) is 24.0 Å². The molecular formula is C15H12ClF2N5O3. The summed E-state index contributed by atoms with van der Waals surface area (Å²) >= 11 is 5.83. The van der Waals surface area contributed by atoms with E-state index in [0.717, 1.165) is 0 Å². The maximum absolute atomic E-state index is 12.4. The van der Waals surface area contributed by atoms with E-state index in [1.807, 2.05) is 0 Å². The van der Waals surface area contributed by atoms with Gasteiger partial charge in [0.1, 0.15) is 18.1 Å². The number of alkyl halides is 2. The zero-order valence-electron chi connectivity index (χ0n) is 13.3. The van der Waals surface area contributed by atoms with Gasteiger partial charge in [0.25, 0.3) is 0 Å². The summed E-state index contributed by atoms with van der Waals surface area (Å²) in [6, 6.07) is 6.06. The Balaban J connectivity index is 1.71. The smallest absolute Gasteiger partial charge is 0.387 e. The number of benzene rings is 1. The van der Waals surface area contributed by atoms with E-state index in [4.69, 9.17) is 21.1 Å². The second kappa shape index (κ2) is 7.91. The molecule has 1 aromatic carbocycles. The van der Waals surface area contributed by atoms with Crippen LogP contribution in [0, 0.1) is 0 Å². The number of ether oxygens (including phenoxy) is 3. The summed E-state index contributed by atoms with van der Waals surface area (Å²) in [5, 5.41) is 7.92. The normalized spacial score (nSPS) is 10.8. The highest BCUT2D eigenvalue weighted by Gasteiger charge is 2.12. The molecule has 0 N–H and O–H groups in total. The van der Waals surface area contributed by atoms with Gasteiger partial charge in [-0.25, -0.2) is 9.67 Å². The van der Waals surface area contributed by atoms with Crippen LogP contribution in [0.1, 0.15) is 5.69 Å². The Morgan fingerprint density at radius 1 is 1.27 bits per heavy atom. The zero-order chi connectivity index (χ0) is 18.5. The fraction of sp³-hybridized carbons (Fsp3) is 0.200. The fourth-order valence-corrected chi connectivity index (χ4v) is 2.12. The van der Waals surface area contributed by atoms with Gasteiger partial charge in [-0.1, -0.05) is 16.8 Å². The lowest BCUT2D eigenvalue weighted by Gasteiger charge is -2.08. The van der Waals surface area contributed by atoms with Crippen LogP contribution in [0.5, 0.6) is 17.6 Å². The minimum Gasteiger partial charge on any atom is -0.481 e. The lowest BCUT2D eigenvalue weighted by molar-refractivity contribution is -0.0497. The molecule has 0 atom stereocenters. The minimum absolute atomic E-state index is 0.0567. The van der Waals surface area contributed by atoms with E-state index in [1.54, 1.807) is 18.3 Å². The van der Waals surface area contributed by atoms with E-state index in [9.17, 15) is 8.78 Å². The van der Waals surface area contributed by atoms with Gasteiger partial charge in [-0.2, -0.15) is 13.8 Å². The second-order valence-corrected chi connectivity index (χ2v) is 5.23. The molecule has 0 aliphatic carbocycles. The molecule has 136 valence electrons. The van der Waals surface area contributed by atoms with Gasteiger partial charge in [-0.15, -0.1) is 5.10 Å². The molecule has 3 rings (SSSR count). The molecule has 8 nitrogen and oxygen atoms in total. The summed E-state index contributed by atoms with van der Waals surface area (Å²) in [5.74, 6) is 0.212. The van der Waals surface area contributed by atoms with E-state index in [0.29, 0.717) is 17.3 Å². The first-order valence-electron chi connectivity index (χ1n) is 7.21. The van der Waals surface area contributed by atoms with Gasteiger partial charge in [0.2, 0.25) is 5.88 Å². The van der Waals surface area contributed by atoms with Crippen LogP contribution in [-0.4, -0.2) is 38.7 Å². The first-order valence-corrected chi connectivity index (χ1v) is 7.59. The van der Waals surface area contributed by atoms with Crippen molar-refractivity contribution in [3.8, 4) is 23.3 Å². The van der Waals surface area contributed by atoms with Crippen LogP contribution in [-0.2, 0) is 6.61 Å². The predicted octanol–water partition coefficient (Wildman–Crippen LogP) is 2.90. The van der Waals surface area contributed by atoms with Crippen LogP contribution in [0.25, 0.3) is 5.69 Å². The van der Waals surface area contributed by atoms with Crippen molar-refractivity contribution in [3.63, 3.8) is 0 Å². The van der Waals surface area contributed by atoms with Crippen LogP contribution in [0.15, 0.2) is 36.7 Å². The molecule has 0 unspecified atom stereocenters. The van der Waals surface area contributed by atoms with Crippen LogP contribution in [0.3, 0.4) is 0 Å². The van der Waals surface area contributed by atoms with Crippen LogP contribution in [0.2, 0.25) is 5.02 Å². The first kappa shape index (κ1) is 17.8. The Morgan fingerprint density at radius 2 is 2.12 bits per heavy atom. The molecule has 2 heterocycles. The standard InChI is InChI=1S/C15H12ClF2N5O3/c1-24-13-4-5-19-15(20-13)25-8-9-7-23(22-21-9)10-2-3-11(16)12(6-10)26-14(17)18/h2-7,14H,8H2,1H3. The highest BCUT2D eigenvalue weighted by molar-refractivity contribution is 6.32. The third-order valence-corrected chi connectivity index (χ3v) is 3.41. The molecule has 0 fully saturated rings. The molecular weight excluding hydrogens is 372 g/mol. The highest BCUT2D eigenvalue weighted by atomic mass is 35.5. The van der Waals surface area contributed by atoms with Gasteiger partial charge in [0.15, 0.2) is 0 Å². The fourth-order valence-electron chi connectivity index (χ4n) is 1.96. The Hall–Kier alpha value is -3.01. The number of rotatable bonds is 7. The maximum atomic E-state index is 12.4.